The van der Waals surface area contributed by atoms with E-state index in [0.29, 0.717) is 5.56 Å². The molecule has 0 heterocycles. The van der Waals surface area contributed by atoms with Crippen molar-refractivity contribution in [2.75, 3.05) is 27.2 Å². The van der Waals surface area contributed by atoms with Gasteiger partial charge in [0, 0.05) is 20.6 Å². The Morgan fingerprint density at radius 3 is 2.30 bits per heavy atom. The minimum atomic E-state index is -4.39. The second-order valence-corrected chi connectivity index (χ2v) is 4.55. The molecule has 2 N–H and O–H groups in total. The number of benzene rings is 1. The second-order valence-electron chi connectivity index (χ2n) is 4.55. The predicted molar refractivity (Wildman–Crippen MR) is 68.0 cm³/mol. The molecule has 0 aliphatic heterocycles. The molecule has 0 spiro atoms. The lowest BCUT2D eigenvalue weighted by atomic mass is 10.1. The third kappa shape index (κ3) is 4.82. The standard InChI is InChI=1S/C13H17F3N2O2/c1-18(2)12(20)8-17-7-11(19)9-3-5-10(6-4-9)13(14,15)16/h3-6,11,17,19H,7-8H2,1-2H3. The second kappa shape index (κ2) is 6.71. The largest absolute Gasteiger partial charge is 0.416 e. The van der Waals surface area contributed by atoms with Crippen LogP contribution in [0.15, 0.2) is 24.3 Å². The predicted octanol–water partition coefficient (Wildman–Crippen LogP) is 1.42. The molecule has 1 amide bonds. The van der Waals surface area contributed by atoms with Crippen LogP contribution in [0.5, 0.6) is 0 Å². The molecule has 0 radical (unpaired) electrons. The van der Waals surface area contributed by atoms with Crippen LogP contribution in [0.3, 0.4) is 0 Å². The number of carbonyl (C=O) groups is 1. The van der Waals surface area contributed by atoms with Crippen molar-refractivity contribution in [2.24, 2.45) is 0 Å². The highest BCUT2D eigenvalue weighted by molar-refractivity contribution is 5.77. The topological polar surface area (TPSA) is 52.6 Å². The van der Waals surface area contributed by atoms with Crippen LogP contribution in [0.25, 0.3) is 0 Å². The maximum Gasteiger partial charge on any atom is 0.416 e. The molecule has 1 aromatic carbocycles. The van der Waals surface area contributed by atoms with Crippen LogP contribution in [0.4, 0.5) is 13.2 Å². The van der Waals surface area contributed by atoms with E-state index in [1.54, 1.807) is 14.1 Å². The number of hydrogen-bond donors (Lipinski definition) is 2. The van der Waals surface area contributed by atoms with Crippen molar-refractivity contribution in [3.8, 4) is 0 Å². The molecule has 1 unspecified atom stereocenters. The molecule has 1 atom stereocenters. The quantitative estimate of drug-likeness (QED) is 0.862. The van der Waals surface area contributed by atoms with Gasteiger partial charge in [-0.15, -0.1) is 0 Å². The van der Waals surface area contributed by atoms with E-state index in [-0.39, 0.29) is 19.0 Å². The van der Waals surface area contributed by atoms with Gasteiger partial charge in [0.15, 0.2) is 0 Å². The van der Waals surface area contributed by atoms with Gasteiger partial charge in [0.2, 0.25) is 5.91 Å². The van der Waals surface area contributed by atoms with Crippen LogP contribution in [-0.2, 0) is 11.0 Å². The van der Waals surface area contributed by atoms with Gasteiger partial charge in [-0.05, 0) is 17.7 Å². The highest BCUT2D eigenvalue weighted by Gasteiger charge is 2.30. The molecule has 0 aliphatic carbocycles. The first-order valence-electron chi connectivity index (χ1n) is 5.98. The van der Waals surface area contributed by atoms with Crippen molar-refractivity contribution in [1.29, 1.82) is 0 Å². The van der Waals surface area contributed by atoms with Crippen LogP contribution >= 0.6 is 0 Å². The van der Waals surface area contributed by atoms with Gasteiger partial charge in [-0.3, -0.25) is 4.79 Å². The number of aliphatic hydroxyl groups excluding tert-OH is 1. The van der Waals surface area contributed by atoms with E-state index in [1.807, 2.05) is 0 Å². The molecule has 0 aromatic heterocycles. The monoisotopic (exact) mass is 290 g/mol. The first kappa shape index (κ1) is 16.5. The van der Waals surface area contributed by atoms with Crippen LogP contribution in [0.1, 0.15) is 17.2 Å². The lowest BCUT2D eigenvalue weighted by Gasteiger charge is -2.15. The first-order chi connectivity index (χ1) is 9.21. The lowest BCUT2D eigenvalue weighted by Crippen LogP contribution is -2.34. The molecule has 1 aromatic rings. The molecular weight excluding hydrogens is 273 g/mol. The van der Waals surface area contributed by atoms with Crippen LogP contribution in [-0.4, -0.2) is 43.1 Å². The van der Waals surface area contributed by atoms with Gasteiger partial charge in [-0.1, -0.05) is 12.1 Å². The number of aliphatic hydroxyl groups is 1. The smallest absolute Gasteiger partial charge is 0.387 e. The van der Waals surface area contributed by atoms with Gasteiger partial charge < -0.3 is 15.3 Å². The molecule has 112 valence electrons. The first-order valence-corrected chi connectivity index (χ1v) is 5.98. The average molecular weight is 290 g/mol. The summed E-state index contributed by atoms with van der Waals surface area (Å²) in [5.74, 6) is -0.149. The normalized spacial score (nSPS) is 13.1. The molecule has 0 saturated carbocycles. The highest BCUT2D eigenvalue weighted by atomic mass is 19.4. The van der Waals surface area contributed by atoms with Gasteiger partial charge in [-0.25, -0.2) is 0 Å². The third-order valence-corrected chi connectivity index (χ3v) is 2.74. The Labute approximate surface area is 115 Å². The number of nitrogens with one attached hydrogen (secondary N) is 1. The Morgan fingerprint density at radius 1 is 1.30 bits per heavy atom. The van der Waals surface area contributed by atoms with E-state index >= 15 is 0 Å². The number of carbonyl (C=O) groups excluding carboxylic acids is 1. The molecule has 0 bridgehead atoms. The molecule has 0 aliphatic rings. The van der Waals surface area contributed by atoms with Crippen LogP contribution < -0.4 is 5.32 Å². The highest BCUT2D eigenvalue weighted by Crippen LogP contribution is 2.29. The van der Waals surface area contributed by atoms with Crippen molar-refractivity contribution >= 4 is 5.91 Å². The number of hydrogen-bond acceptors (Lipinski definition) is 3. The number of amides is 1. The van der Waals surface area contributed by atoms with Gasteiger partial charge in [0.05, 0.1) is 18.2 Å². The SMILES string of the molecule is CN(C)C(=O)CNCC(O)c1ccc(C(F)(F)F)cc1. The maximum atomic E-state index is 12.4. The lowest BCUT2D eigenvalue weighted by molar-refractivity contribution is -0.137. The van der Waals surface area contributed by atoms with Crippen molar-refractivity contribution in [1.82, 2.24) is 10.2 Å². The van der Waals surface area contributed by atoms with Crippen molar-refractivity contribution in [3.05, 3.63) is 35.4 Å². The zero-order valence-corrected chi connectivity index (χ0v) is 11.2. The van der Waals surface area contributed by atoms with E-state index < -0.39 is 17.8 Å². The van der Waals surface area contributed by atoms with E-state index in [4.69, 9.17) is 0 Å². The minimum Gasteiger partial charge on any atom is -0.387 e. The fraction of sp³-hybridized carbons (Fsp3) is 0.462. The van der Waals surface area contributed by atoms with E-state index in [0.717, 1.165) is 12.1 Å². The minimum absolute atomic E-state index is 0.0602. The molecular formula is C13H17F3N2O2. The molecule has 4 nitrogen and oxygen atoms in total. The summed E-state index contributed by atoms with van der Waals surface area (Å²) in [7, 11) is 3.21. The van der Waals surface area contributed by atoms with Crippen LogP contribution in [0.2, 0.25) is 0 Å². The van der Waals surface area contributed by atoms with Crippen LogP contribution in [0, 0.1) is 0 Å². The van der Waals surface area contributed by atoms with E-state index in [2.05, 4.69) is 5.32 Å². The summed E-state index contributed by atoms with van der Waals surface area (Å²) in [4.78, 5) is 12.7. The number of alkyl halides is 3. The van der Waals surface area contributed by atoms with Gasteiger partial charge in [0.25, 0.3) is 0 Å². The Kier molecular flexibility index (Phi) is 5.52. The Hall–Kier alpha value is -1.60. The molecule has 7 heteroatoms. The Balaban J connectivity index is 2.52. The van der Waals surface area contributed by atoms with E-state index in [1.165, 1.54) is 17.0 Å². The number of rotatable bonds is 5. The van der Waals surface area contributed by atoms with Crippen molar-refractivity contribution < 1.29 is 23.1 Å². The fourth-order valence-corrected chi connectivity index (χ4v) is 1.49. The fourth-order valence-electron chi connectivity index (χ4n) is 1.49. The average Bonchev–Trinajstić information content (AvgIpc) is 2.37. The summed E-state index contributed by atoms with van der Waals surface area (Å²) in [6.45, 7) is 0.148. The molecule has 0 fully saturated rings. The maximum absolute atomic E-state index is 12.4. The molecule has 20 heavy (non-hydrogen) atoms. The van der Waals surface area contributed by atoms with Gasteiger partial charge in [-0.2, -0.15) is 13.2 Å². The third-order valence-electron chi connectivity index (χ3n) is 2.74. The van der Waals surface area contributed by atoms with Gasteiger partial charge >= 0.3 is 6.18 Å². The zero-order chi connectivity index (χ0) is 15.3. The summed E-state index contributed by atoms with van der Waals surface area (Å²) in [5, 5.41) is 12.5. The van der Waals surface area contributed by atoms with Gasteiger partial charge in [0.1, 0.15) is 0 Å². The number of halogens is 3. The number of likely N-dealkylation sites (N-methyl/N-ethyl adjacent to an activating group) is 1. The van der Waals surface area contributed by atoms with Crippen molar-refractivity contribution in [2.45, 2.75) is 12.3 Å². The zero-order valence-electron chi connectivity index (χ0n) is 11.2. The summed E-state index contributed by atoms with van der Waals surface area (Å²) < 4.78 is 37.1. The summed E-state index contributed by atoms with van der Waals surface area (Å²) in [6.07, 6.45) is -5.35. The summed E-state index contributed by atoms with van der Waals surface area (Å²) in [6, 6.07) is 4.29. The Morgan fingerprint density at radius 2 is 1.85 bits per heavy atom. The number of nitrogens with zero attached hydrogens (tertiary/aromatic N) is 1. The molecule has 1 rings (SSSR count). The molecule has 0 saturated heterocycles. The summed E-state index contributed by atoms with van der Waals surface area (Å²) in [5.41, 5.74) is -0.396. The Bertz CT molecular complexity index is 444. The van der Waals surface area contributed by atoms with E-state index in [9.17, 15) is 23.1 Å². The summed E-state index contributed by atoms with van der Waals surface area (Å²) >= 11 is 0. The van der Waals surface area contributed by atoms with Crippen molar-refractivity contribution in [3.63, 3.8) is 0 Å².